The molecule has 0 saturated heterocycles. The zero-order chi connectivity index (χ0) is 12.3. The molecule has 0 aliphatic carbocycles. The standard InChI is InChI=1S/C12H14N4O/c1-16(11-6-7-14-12(13)15-11)9-4-3-5-10(8-9)17-2/h3-8H,1-2H3,(H2,13,14,15). The first-order valence-corrected chi connectivity index (χ1v) is 5.17. The first-order valence-electron chi connectivity index (χ1n) is 5.17. The molecule has 5 heteroatoms. The predicted octanol–water partition coefficient (Wildman–Crippen LogP) is 1.84. The van der Waals surface area contributed by atoms with Crippen molar-refractivity contribution in [3.05, 3.63) is 36.5 Å². The quantitative estimate of drug-likeness (QED) is 0.871. The van der Waals surface area contributed by atoms with Crippen LogP contribution in [0.3, 0.4) is 0 Å². The summed E-state index contributed by atoms with van der Waals surface area (Å²) in [6.07, 6.45) is 1.63. The van der Waals surface area contributed by atoms with Gasteiger partial charge in [-0.2, -0.15) is 4.98 Å². The summed E-state index contributed by atoms with van der Waals surface area (Å²) in [7, 11) is 3.55. The van der Waals surface area contributed by atoms with E-state index < -0.39 is 0 Å². The molecule has 1 aromatic heterocycles. The first-order chi connectivity index (χ1) is 8.20. The average molecular weight is 230 g/mol. The van der Waals surface area contributed by atoms with Crippen molar-refractivity contribution in [1.29, 1.82) is 0 Å². The first kappa shape index (κ1) is 11.2. The fourth-order valence-electron chi connectivity index (χ4n) is 1.50. The van der Waals surface area contributed by atoms with E-state index >= 15 is 0 Å². The highest BCUT2D eigenvalue weighted by Gasteiger charge is 2.06. The minimum Gasteiger partial charge on any atom is -0.497 e. The maximum Gasteiger partial charge on any atom is 0.221 e. The van der Waals surface area contributed by atoms with Crippen LogP contribution in [0.1, 0.15) is 0 Å². The van der Waals surface area contributed by atoms with Crippen molar-refractivity contribution < 1.29 is 4.74 Å². The van der Waals surface area contributed by atoms with E-state index in [1.165, 1.54) is 0 Å². The normalized spacial score (nSPS) is 10.0. The molecule has 0 bridgehead atoms. The molecule has 17 heavy (non-hydrogen) atoms. The number of anilines is 3. The van der Waals surface area contributed by atoms with E-state index in [2.05, 4.69) is 9.97 Å². The SMILES string of the molecule is COc1cccc(N(C)c2ccnc(N)n2)c1. The number of nitrogens with two attached hydrogens (primary N) is 1. The second-order valence-corrected chi connectivity index (χ2v) is 3.53. The van der Waals surface area contributed by atoms with Gasteiger partial charge in [-0.05, 0) is 18.2 Å². The Hall–Kier alpha value is -2.30. The summed E-state index contributed by atoms with van der Waals surface area (Å²) in [5.41, 5.74) is 6.53. The molecule has 0 spiro atoms. The van der Waals surface area contributed by atoms with E-state index in [-0.39, 0.29) is 5.95 Å². The van der Waals surface area contributed by atoms with Crippen LogP contribution in [0.5, 0.6) is 5.75 Å². The Kier molecular flexibility index (Phi) is 3.09. The minimum atomic E-state index is 0.261. The number of hydrogen-bond donors (Lipinski definition) is 1. The summed E-state index contributed by atoms with van der Waals surface area (Å²) in [6.45, 7) is 0. The molecule has 0 atom stereocenters. The van der Waals surface area contributed by atoms with Crippen LogP contribution >= 0.6 is 0 Å². The molecular weight excluding hydrogens is 216 g/mol. The van der Waals surface area contributed by atoms with E-state index in [0.29, 0.717) is 0 Å². The highest BCUT2D eigenvalue weighted by Crippen LogP contribution is 2.25. The van der Waals surface area contributed by atoms with Gasteiger partial charge in [0.1, 0.15) is 11.6 Å². The van der Waals surface area contributed by atoms with E-state index in [4.69, 9.17) is 10.5 Å². The zero-order valence-corrected chi connectivity index (χ0v) is 9.79. The van der Waals surface area contributed by atoms with E-state index in [1.54, 1.807) is 19.4 Å². The summed E-state index contributed by atoms with van der Waals surface area (Å²) in [4.78, 5) is 9.94. The van der Waals surface area contributed by atoms with Gasteiger partial charge >= 0.3 is 0 Å². The number of hydrogen-bond acceptors (Lipinski definition) is 5. The average Bonchev–Trinajstić information content (AvgIpc) is 2.38. The third kappa shape index (κ3) is 2.44. The fourth-order valence-corrected chi connectivity index (χ4v) is 1.50. The summed E-state index contributed by atoms with van der Waals surface area (Å²) < 4.78 is 5.18. The van der Waals surface area contributed by atoms with E-state index in [1.807, 2.05) is 36.2 Å². The Morgan fingerprint density at radius 3 is 2.82 bits per heavy atom. The molecule has 0 radical (unpaired) electrons. The monoisotopic (exact) mass is 230 g/mol. The van der Waals surface area contributed by atoms with Crippen molar-refractivity contribution in [2.24, 2.45) is 0 Å². The van der Waals surface area contributed by atoms with Gasteiger partial charge in [0.05, 0.1) is 7.11 Å². The van der Waals surface area contributed by atoms with Crippen LogP contribution in [0.25, 0.3) is 0 Å². The lowest BCUT2D eigenvalue weighted by molar-refractivity contribution is 0.415. The van der Waals surface area contributed by atoms with E-state index in [9.17, 15) is 0 Å². The van der Waals surface area contributed by atoms with Gasteiger partial charge in [0.15, 0.2) is 0 Å². The molecule has 2 N–H and O–H groups in total. The number of ether oxygens (including phenoxy) is 1. The molecule has 0 aliphatic rings. The lowest BCUT2D eigenvalue weighted by Gasteiger charge is -2.18. The molecule has 5 nitrogen and oxygen atoms in total. The molecule has 0 aliphatic heterocycles. The summed E-state index contributed by atoms with van der Waals surface area (Å²) in [5.74, 6) is 1.80. The summed E-state index contributed by atoms with van der Waals surface area (Å²) in [5, 5.41) is 0. The molecule has 2 aromatic rings. The van der Waals surface area contributed by atoms with Gasteiger partial charge in [-0.15, -0.1) is 0 Å². The maximum atomic E-state index is 5.56. The van der Waals surface area contributed by atoms with Crippen molar-refractivity contribution in [2.45, 2.75) is 0 Å². The third-order valence-corrected chi connectivity index (χ3v) is 2.44. The van der Waals surface area contributed by atoms with Crippen LogP contribution in [0.15, 0.2) is 36.5 Å². The van der Waals surface area contributed by atoms with Gasteiger partial charge in [0, 0.05) is 25.0 Å². The fraction of sp³-hybridized carbons (Fsp3) is 0.167. The largest absolute Gasteiger partial charge is 0.497 e. The summed E-state index contributed by atoms with van der Waals surface area (Å²) >= 11 is 0. The van der Waals surface area contributed by atoms with Crippen LogP contribution in [0.2, 0.25) is 0 Å². The molecule has 0 amide bonds. The van der Waals surface area contributed by atoms with Crippen molar-refractivity contribution in [3.63, 3.8) is 0 Å². The topological polar surface area (TPSA) is 64.3 Å². The van der Waals surface area contributed by atoms with Crippen molar-refractivity contribution >= 4 is 17.5 Å². The Morgan fingerprint density at radius 2 is 2.12 bits per heavy atom. The number of nitrogen functional groups attached to an aromatic ring is 1. The van der Waals surface area contributed by atoms with Gasteiger partial charge in [-0.1, -0.05) is 6.07 Å². The molecule has 0 saturated carbocycles. The Balaban J connectivity index is 2.33. The van der Waals surface area contributed by atoms with Crippen LogP contribution in [-0.2, 0) is 0 Å². The molecule has 2 rings (SSSR count). The highest BCUT2D eigenvalue weighted by molar-refractivity contribution is 5.61. The number of benzene rings is 1. The van der Waals surface area contributed by atoms with Crippen molar-refractivity contribution in [3.8, 4) is 5.75 Å². The summed E-state index contributed by atoms with van der Waals surface area (Å²) in [6, 6.07) is 9.52. The molecule has 0 fully saturated rings. The predicted molar refractivity (Wildman–Crippen MR) is 67.5 cm³/mol. The molecule has 1 aromatic carbocycles. The smallest absolute Gasteiger partial charge is 0.221 e. The second-order valence-electron chi connectivity index (χ2n) is 3.53. The van der Waals surface area contributed by atoms with Gasteiger partial charge in [0.2, 0.25) is 5.95 Å². The Labute approximate surface area is 99.9 Å². The number of nitrogens with zero attached hydrogens (tertiary/aromatic N) is 3. The Bertz CT molecular complexity index is 515. The lowest BCUT2D eigenvalue weighted by Crippen LogP contribution is -2.12. The zero-order valence-electron chi connectivity index (χ0n) is 9.79. The molecule has 1 heterocycles. The number of aromatic nitrogens is 2. The lowest BCUT2D eigenvalue weighted by atomic mass is 10.3. The third-order valence-electron chi connectivity index (χ3n) is 2.44. The van der Waals surface area contributed by atoms with Gasteiger partial charge in [0.25, 0.3) is 0 Å². The maximum absolute atomic E-state index is 5.56. The van der Waals surface area contributed by atoms with E-state index in [0.717, 1.165) is 17.3 Å². The van der Waals surface area contributed by atoms with Crippen LogP contribution in [0.4, 0.5) is 17.5 Å². The van der Waals surface area contributed by atoms with Crippen molar-refractivity contribution in [2.75, 3.05) is 24.8 Å². The minimum absolute atomic E-state index is 0.261. The van der Waals surface area contributed by atoms with Crippen LogP contribution in [-0.4, -0.2) is 24.1 Å². The molecule has 0 unspecified atom stereocenters. The van der Waals surface area contributed by atoms with Crippen molar-refractivity contribution in [1.82, 2.24) is 9.97 Å². The highest BCUT2D eigenvalue weighted by atomic mass is 16.5. The second kappa shape index (κ2) is 4.69. The van der Waals surface area contributed by atoms with Gasteiger partial charge in [-0.25, -0.2) is 4.98 Å². The van der Waals surface area contributed by atoms with Crippen LogP contribution in [0, 0.1) is 0 Å². The number of methoxy groups -OCH3 is 1. The Morgan fingerprint density at radius 1 is 1.29 bits per heavy atom. The van der Waals surface area contributed by atoms with Gasteiger partial charge in [-0.3, -0.25) is 0 Å². The van der Waals surface area contributed by atoms with Crippen LogP contribution < -0.4 is 15.4 Å². The molecular formula is C12H14N4O. The van der Waals surface area contributed by atoms with Gasteiger partial charge < -0.3 is 15.4 Å². The molecule has 88 valence electrons. The number of rotatable bonds is 3.